The molecule has 2 rings (SSSR count). The molecule has 0 aromatic heterocycles. The minimum absolute atomic E-state index is 0.0705. The van der Waals surface area contributed by atoms with Gasteiger partial charge in [-0.2, -0.15) is 0 Å². The van der Waals surface area contributed by atoms with Crippen LogP contribution in [0.4, 0.5) is 0 Å². The molecule has 1 atom stereocenters. The van der Waals surface area contributed by atoms with Crippen LogP contribution in [0.15, 0.2) is 0 Å². The van der Waals surface area contributed by atoms with Crippen LogP contribution < -0.4 is 0 Å². The van der Waals surface area contributed by atoms with Gasteiger partial charge in [0, 0.05) is 20.2 Å². The maximum Gasteiger partial charge on any atom is 0.245 e. The maximum atomic E-state index is 12.3. The molecule has 6 heteroatoms. The number of hydrogen-bond donors (Lipinski definition) is 0. The van der Waals surface area contributed by atoms with Crippen molar-refractivity contribution in [3.05, 3.63) is 0 Å². The van der Waals surface area contributed by atoms with Crippen LogP contribution >= 0.6 is 0 Å². The standard InChI is InChI=1S/C13H22N2O4/c1-18-8-9-19-7-6-14-10-12(16)15-5-3-2-4-11(15)13(14)17/h11H,2-10H2,1H3. The van der Waals surface area contributed by atoms with Gasteiger partial charge in [-0.05, 0) is 19.3 Å². The topological polar surface area (TPSA) is 59.1 Å². The second kappa shape index (κ2) is 6.86. The van der Waals surface area contributed by atoms with Gasteiger partial charge >= 0.3 is 0 Å². The van der Waals surface area contributed by atoms with Crippen molar-refractivity contribution in [3.8, 4) is 0 Å². The molecule has 0 aromatic rings. The van der Waals surface area contributed by atoms with Crippen molar-refractivity contribution < 1.29 is 19.1 Å². The third-order valence-corrected chi connectivity index (χ3v) is 3.68. The van der Waals surface area contributed by atoms with Crippen molar-refractivity contribution in [2.45, 2.75) is 25.3 Å². The van der Waals surface area contributed by atoms with Crippen LogP contribution in [0.2, 0.25) is 0 Å². The summed E-state index contributed by atoms with van der Waals surface area (Å²) in [4.78, 5) is 27.6. The summed E-state index contributed by atoms with van der Waals surface area (Å²) in [5.41, 5.74) is 0. The van der Waals surface area contributed by atoms with Crippen molar-refractivity contribution in [3.63, 3.8) is 0 Å². The normalized spacial score (nSPS) is 23.7. The quantitative estimate of drug-likeness (QED) is 0.631. The molecule has 2 saturated heterocycles. The van der Waals surface area contributed by atoms with E-state index < -0.39 is 0 Å². The number of hydrogen-bond acceptors (Lipinski definition) is 4. The van der Waals surface area contributed by atoms with Crippen molar-refractivity contribution in [2.75, 3.05) is 46.6 Å². The van der Waals surface area contributed by atoms with Crippen molar-refractivity contribution >= 4 is 11.8 Å². The van der Waals surface area contributed by atoms with E-state index in [1.165, 1.54) is 0 Å². The summed E-state index contributed by atoms with van der Waals surface area (Å²) in [6, 6.07) is -0.228. The van der Waals surface area contributed by atoms with E-state index in [2.05, 4.69) is 0 Å². The molecule has 1 unspecified atom stereocenters. The lowest BCUT2D eigenvalue weighted by molar-refractivity contribution is -0.158. The highest BCUT2D eigenvalue weighted by Crippen LogP contribution is 2.22. The summed E-state index contributed by atoms with van der Waals surface area (Å²) in [7, 11) is 1.62. The van der Waals surface area contributed by atoms with E-state index in [-0.39, 0.29) is 24.4 Å². The average molecular weight is 270 g/mol. The summed E-state index contributed by atoms with van der Waals surface area (Å²) in [6.07, 6.45) is 2.83. The van der Waals surface area contributed by atoms with Crippen LogP contribution in [0.1, 0.15) is 19.3 Å². The second-order valence-electron chi connectivity index (χ2n) is 4.96. The van der Waals surface area contributed by atoms with Gasteiger partial charge in [-0.1, -0.05) is 0 Å². The highest BCUT2D eigenvalue weighted by atomic mass is 16.5. The second-order valence-corrected chi connectivity index (χ2v) is 4.96. The van der Waals surface area contributed by atoms with Crippen LogP contribution in [0, 0.1) is 0 Å². The van der Waals surface area contributed by atoms with Crippen LogP contribution in [-0.2, 0) is 19.1 Å². The first-order valence-corrected chi connectivity index (χ1v) is 6.89. The zero-order chi connectivity index (χ0) is 13.7. The maximum absolute atomic E-state index is 12.3. The molecule has 2 aliphatic rings. The van der Waals surface area contributed by atoms with E-state index in [1.807, 2.05) is 0 Å². The molecule has 2 heterocycles. The number of piperazine rings is 1. The van der Waals surface area contributed by atoms with Crippen LogP contribution in [0.25, 0.3) is 0 Å². The van der Waals surface area contributed by atoms with E-state index in [0.29, 0.717) is 26.4 Å². The first-order chi connectivity index (χ1) is 9.24. The lowest BCUT2D eigenvalue weighted by Gasteiger charge is -2.42. The van der Waals surface area contributed by atoms with Gasteiger partial charge in [-0.15, -0.1) is 0 Å². The number of amides is 2. The number of carbonyl (C=O) groups is 2. The Balaban J connectivity index is 1.81. The summed E-state index contributed by atoms with van der Waals surface area (Å²) >= 11 is 0. The SMILES string of the molecule is COCCOCCN1CC(=O)N2CCCCC2C1=O. The molecule has 0 aromatic carbocycles. The van der Waals surface area contributed by atoms with Crippen molar-refractivity contribution in [2.24, 2.45) is 0 Å². The molecule has 0 N–H and O–H groups in total. The highest BCUT2D eigenvalue weighted by Gasteiger charge is 2.39. The number of ether oxygens (including phenoxy) is 2. The molecule has 6 nitrogen and oxygen atoms in total. The molecule has 0 saturated carbocycles. The summed E-state index contributed by atoms with van der Waals surface area (Å²) < 4.78 is 10.2. The van der Waals surface area contributed by atoms with Crippen LogP contribution in [0.5, 0.6) is 0 Å². The summed E-state index contributed by atoms with van der Waals surface area (Å²) in [6.45, 7) is 2.93. The lowest BCUT2D eigenvalue weighted by Crippen LogP contribution is -2.61. The van der Waals surface area contributed by atoms with Gasteiger partial charge in [0.05, 0.1) is 26.4 Å². The lowest BCUT2D eigenvalue weighted by atomic mass is 9.98. The van der Waals surface area contributed by atoms with E-state index in [9.17, 15) is 9.59 Å². The van der Waals surface area contributed by atoms with Crippen molar-refractivity contribution in [1.82, 2.24) is 9.80 Å². The molecule has 0 aliphatic carbocycles. The number of rotatable bonds is 6. The molecular weight excluding hydrogens is 248 g/mol. The Labute approximate surface area is 113 Å². The predicted molar refractivity (Wildman–Crippen MR) is 68.6 cm³/mol. The molecule has 19 heavy (non-hydrogen) atoms. The number of fused-ring (bicyclic) bond motifs is 1. The molecule has 2 fully saturated rings. The van der Waals surface area contributed by atoms with Gasteiger partial charge in [0.15, 0.2) is 0 Å². The molecule has 2 amide bonds. The monoisotopic (exact) mass is 270 g/mol. The zero-order valence-electron chi connectivity index (χ0n) is 11.5. The van der Waals surface area contributed by atoms with Crippen LogP contribution in [-0.4, -0.2) is 74.2 Å². The Bertz CT molecular complexity index is 335. The minimum atomic E-state index is -0.228. The molecule has 0 spiro atoms. The highest BCUT2D eigenvalue weighted by molar-refractivity contribution is 5.95. The van der Waals surface area contributed by atoms with Crippen molar-refractivity contribution in [1.29, 1.82) is 0 Å². The third kappa shape index (κ3) is 3.45. The van der Waals surface area contributed by atoms with Gasteiger partial charge in [0.1, 0.15) is 6.04 Å². The van der Waals surface area contributed by atoms with Gasteiger partial charge in [-0.3, -0.25) is 9.59 Å². The Morgan fingerprint density at radius 2 is 2.05 bits per heavy atom. The Morgan fingerprint density at radius 1 is 1.21 bits per heavy atom. The zero-order valence-corrected chi connectivity index (χ0v) is 11.5. The Hall–Kier alpha value is -1.14. The number of piperidine rings is 1. The van der Waals surface area contributed by atoms with E-state index >= 15 is 0 Å². The first-order valence-electron chi connectivity index (χ1n) is 6.89. The number of methoxy groups -OCH3 is 1. The van der Waals surface area contributed by atoms with E-state index in [4.69, 9.17) is 9.47 Å². The van der Waals surface area contributed by atoms with Gasteiger partial charge in [0.25, 0.3) is 0 Å². The van der Waals surface area contributed by atoms with Crippen LogP contribution in [0.3, 0.4) is 0 Å². The predicted octanol–water partition coefficient (Wildman–Crippen LogP) is -0.127. The fraction of sp³-hybridized carbons (Fsp3) is 0.846. The average Bonchev–Trinajstić information content (AvgIpc) is 2.44. The van der Waals surface area contributed by atoms with Gasteiger partial charge < -0.3 is 19.3 Å². The fourth-order valence-electron chi connectivity index (χ4n) is 2.64. The Kier molecular flexibility index (Phi) is 5.15. The number of nitrogens with zero attached hydrogens (tertiary/aromatic N) is 2. The summed E-state index contributed by atoms with van der Waals surface area (Å²) in [5.74, 6) is 0.149. The fourth-order valence-corrected chi connectivity index (χ4v) is 2.64. The third-order valence-electron chi connectivity index (χ3n) is 3.68. The van der Waals surface area contributed by atoms with E-state index in [1.54, 1.807) is 16.9 Å². The van der Waals surface area contributed by atoms with E-state index in [0.717, 1.165) is 25.8 Å². The molecule has 0 bridgehead atoms. The molecule has 0 radical (unpaired) electrons. The minimum Gasteiger partial charge on any atom is -0.382 e. The van der Waals surface area contributed by atoms with Gasteiger partial charge in [-0.25, -0.2) is 0 Å². The van der Waals surface area contributed by atoms with Gasteiger partial charge in [0.2, 0.25) is 11.8 Å². The molecule has 108 valence electrons. The first kappa shape index (κ1) is 14.3. The largest absolute Gasteiger partial charge is 0.382 e. The number of carbonyl (C=O) groups excluding carboxylic acids is 2. The molecule has 2 aliphatic heterocycles. The smallest absolute Gasteiger partial charge is 0.245 e. The molecular formula is C13H22N2O4. The Morgan fingerprint density at radius 3 is 2.84 bits per heavy atom. The summed E-state index contributed by atoms with van der Waals surface area (Å²) in [5, 5.41) is 0.